The number of carbonyl (C=O) groups excluding carboxylic acids is 1. The number of aromatic nitrogens is 2. The minimum atomic E-state index is -4.69. The van der Waals surface area contributed by atoms with Gasteiger partial charge in [0.2, 0.25) is 5.88 Å². The molecule has 0 saturated carbocycles. The molecule has 162 valence electrons. The van der Waals surface area contributed by atoms with E-state index in [1.54, 1.807) is 31.2 Å². The number of hydrogen-bond acceptors (Lipinski definition) is 7. The lowest BCUT2D eigenvalue weighted by Crippen LogP contribution is -2.12. The van der Waals surface area contributed by atoms with Crippen LogP contribution in [0.1, 0.15) is 30.2 Å². The maximum atomic E-state index is 13.1. The molecule has 0 amide bonds. The fraction of sp³-hybridized carbons (Fsp3) is 0.350. The molecular formula is C20H21F3N2O5. The zero-order valence-corrected chi connectivity index (χ0v) is 16.7. The fourth-order valence-electron chi connectivity index (χ4n) is 2.39. The number of rotatable bonds is 9. The molecule has 0 aliphatic rings. The Morgan fingerprint density at radius 3 is 2.50 bits per heavy atom. The molecule has 0 N–H and O–H groups in total. The Morgan fingerprint density at radius 1 is 1.13 bits per heavy atom. The molecule has 0 bridgehead atoms. The molecule has 2 aromatic rings. The normalized spacial score (nSPS) is 11.7. The first-order valence-electron chi connectivity index (χ1n) is 8.91. The van der Waals surface area contributed by atoms with Gasteiger partial charge < -0.3 is 18.9 Å². The molecule has 10 heteroatoms. The van der Waals surface area contributed by atoms with Crippen molar-refractivity contribution in [1.82, 2.24) is 9.97 Å². The van der Waals surface area contributed by atoms with Crippen molar-refractivity contribution >= 4 is 11.5 Å². The van der Waals surface area contributed by atoms with Gasteiger partial charge in [-0.2, -0.15) is 23.1 Å². The summed E-state index contributed by atoms with van der Waals surface area (Å²) in [7, 11) is 2.60. The number of halogens is 3. The van der Waals surface area contributed by atoms with Gasteiger partial charge in [-0.15, -0.1) is 0 Å². The van der Waals surface area contributed by atoms with Gasteiger partial charge in [-0.3, -0.25) is 0 Å². The van der Waals surface area contributed by atoms with Gasteiger partial charge in [0.25, 0.3) is 0 Å². The number of alkyl halides is 3. The highest BCUT2D eigenvalue weighted by Gasteiger charge is 2.34. The average molecular weight is 426 g/mol. The smallest absolute Gasteiger partial charge is 0.433 e. The summed E-state index contributed by atoms with van der Waals surface area (Å²) in [6.07, 6.45) is -2.90. The van der Waals surface area contributed by atoms with Gasteiger partial charge in [-0.1, -0.05) is 31.2 Å². The van der Waals surface area contributed by atoms with Gasteiger partial charge in [-0.05, 0) is 17.5 Å². The van der Waals surface area contributed by atoms with E-state index in [2.05, 4.69) is 9.97 Å². The second-order valence-corrected chi connectivity index (χ2v) is 5.92. The van der Waals surface area contributed by atoms with Crippen molar-refractivity contribution in [3.63, 3.8) is 0 Å². The van der Waals surface area contributed by atoms with Crippen LogP contribution < -0.4 is 9.47 Å². The van der Waals surface area contributed by atoms with Crippen molar-refractivity contribution in [1.29, 1.82) is 0 Å². The summed E-state index contributed by atoms with van der Waals surface area (Å²) in [5, 5.41) is 0. The molecule has 0 aliphatic carbocycles. The van der Waals surface area contributed by atoms with Crippen LogP contribution >= 0.6 is 0 Å². The van der Waals surface area contributed by atoms with E-state index in [1.807, 2.05) is 0 Å². The van der Waals surface area contributed by atoms with Crippen molar-refractivity contribution in [2.24, 2.45) is 0 Å². The maximum absolute atomic E-state index is 13.1. The van der Waals surface area contributed by atoms with Crippen LogP contribution in [0.2, 0.25) is 0 Å². The molecule has 1 heterocycles. The van der Waals surface area contributed by atoms with E-state index in [4.69, 9.17) is 18.9 Å². The van der Waals surface area contributed by atoms with E-state index >= 15 is 0 Å². The fourth-order valence-corrected chi connectivity index (χ4v) is 2.39. The molecule has 2 rings (SSSR count). The van der Waals surface area contributed by atoms with Crippen LogP contribution in [0.5, 0.6) is 11.9 Å². The zero-order chi connectivity index (χ0) is 22.1. The Balaban J connectivity index is 2.33. The number of ether oxygens (including phenoxy) is 4. The summed E-state index contributed by atoms with van der Waals surface area (Å²) < 4.78 is 59.7. The number of carbonyl (C=O) groups is 1. The second-order valence-electron chi connectivity index (χ2n) is 5.92. The van der Waals surface area contributed by atoms with Crippen molar-refractivity contribution in [2.75, 3.05) is 20.8 Å². The van der Waals surface area contributed by atoms with E-state index in [9.17, 15) is 18.0 Å². The van der Waals surface area contributed by atoms with Crippen LogP contribution in [0.3, 0.4) is 0 Å². The topological polar surface area (TPSA) is 79.8 Å². The summed E-state index contributed by atoms with van der Waals surface area (Å²) in [5.74, 6) is -0.950. The van der Waals surface area contributed by atoms with Crippen LogP contribution in [-0.2, 0) is 27.1 Å². The lowest BCUT2D eigenvalue weighted by atomic mass is 10.0. The summed E-state index contributed by atoms with van der Waals surface area (Å²) in [6.45, 7) is 1.79. The number of nitrogens with zero attached hydrogens (tertiary/aromatic N) is 2. The van der Waals surface area contributed by atoms with Crippen LogP contribution in [0.15, 0.2) is 36.6 Å². The van der Waals surface area contributed by atoms with Crippen molar-refractivity contribution in [2.45, 2.75) is 26.1 Å². The summed E-state index contributed by atoms with van der Waals surface area (Å²) in [6, 6.07) is 6.94. The Labute approximate surface area is 171 Å². The standard InChI is InChI=1S/C20H21F3N2O5/c1-4-9-29-19-24-16(20(21,22)23)10-17(25-19)30-11-13-7-5-6-8-14(13)15(12-27-2)18(26)28-3/h5-8,10,12H,4,9,11H2,1-3H3/b15-12+. The predicted octanol–water partition coefficient (Wildman–Crippen LogP) is 4.02. The molecule has 0 atom stereocenters. The third-order valence-corrected chi connectivity index (χ3v) is 3.73. The molecular weight excluding hydrogens is 405 g/mol. The van der Waals surface area contributed by atoms with Gasteiger partial charge in [-0.25, -0.2) is 4.79 Å². The molecule has 1 aromatic carbocycles. The molecule has 0 radical (unpaired) electrons. The molecule has 7 nitrogen and oxygen atoms in total. The quantitative estimate of drug-likeness (QED) is 0.340. The first kappa shape index (κ1) is 23.0. The molecule has 1 aromatic heterocycles. The van der Waals surface area contributed by atoms with Crippen LogP contribution in [-0.4, -0.2) is 36.8 Å². The second kappa shape index (κ2) is 10.5. The van der Waals surface area contributed by atoms with Crippen molar-refractivity contribution in [3.8, 4) is 11.9 Å². The van der Waals surface area contributed by atoms with E-state index in [1.165, 1.54) is 20.5 Å². The van der Waals surface area contributed by atoms with Crippen molar-refractivity contribution < 1.29 is 36.9 Å². The third kappa shape index (κ3) is 6.10. The maximum Gasteiger partial charge on any atom is 0.433 e. The highest BCUT2D eigenvalue weighted by atomic mass is 19.4. The van der Waals surface area contributed by atoms with Gasteiger partial charge in [0, 0.05) is 6.07 Å². The van der Waals surface area contributed by atoms with Gasteiger partial charge in [0.15, 0.2) is 5.69 Å². The third-order valence-electron chi connectivity index (χ3n) is 3.73. The molecule has 0 unspecified atom stereocenters. The monoisotopic (exact) mass is 426 g/mol. The Hall–Kier alpha value is -3.30. The number of hydrogen-bond donors (Lipinski definition) is 0. The number of methoxy groups -OCH3 is 2. The predicted molar refractivity (Wildman–Crippen MR) is 101 cm³/mol. The first-order chi connectivity index (χ1) is 14.3. The lowest BCUT2D eigenvalue weighted by Gasteiger charge is -2.14. The molecule has 30 heavy (non-hydrogen) atoms. The average Bonchev–Trinajstić information content (AvgIpc) is 2.73. The minimum absolute atomic E-state index is 0.129. The Kier molecular flexibility index (Phi) is 8.02. The molecule has 0 fully saturated rings. The van der Waals surface area contributed by atoms with Crippen LogP contribution in [0, 0.1) is 0 Å². The Morgan fingerprint density at radius 2 is 1.87 bits per heavy atom. The van der Waals surface area contributed by atoms with Crippen molar-refractivity contribution in [3.05, 3.63) is 53.4 Å². The summed E-state index contributed by atoms with van der Waals surface area (Å²) in [5.41, 5.74) is -0.0978. The van der Waals surface area contributed by atoms with Gasteiger partial charge in [0.05, 0.1) is 27.1 Å². The van der Waals surface area contributed by atoms with E-state index in [0.29, 0.717) is 23.6 Å². The lowest BCUT2D eigenvalue weighted by molar-refractivity contribution is -0.141. The molecule has 0 spiro atoms. The van der Waals surface area contributed by atoms with E-state index in [0.717, 1.165) is 0 Å². The highest BCUT2D eigenvalue weighted by Crippen LogP contribution is 2.31. The summed E-state index contributed by atoms with van der Waals surface area (Å²) in [4.78, 5) is 19.3. The van der Waals surface area contributed by atoms with E-state index in [-0.39, 0.29) is 24.7 Å². The largest absolute Gasteiger partial charge is 0.503 e. The zero-order valence-electron chi connectivity index (χ0n) is 16.7. The SMILES string of the molecule is CCCOc1nc(OCc2ccccc2/C(=C\OC)C(=O)OC)cc(C(F)(F)F)n1. The highest BCUT2D eigenvalue weighted by molar-refractivity contribution is 6.16. The first-order valence-corrected chi connectivity index (χ1v) is 8.91. The van der Waals surface area contributed by atoms with Crippen LogP contribution in [0.4, 0.5) is 13.2 Å². The Bertz CT molecular complexity index is 900. The molecule has 0 saturated heterocycles. The van der Waals surface area contributed by atoms with E-state index < -0.39 is 23.8 Å². The number of benzene rings is 1. The minimum Gasteiger partial charge on any atom is -0.503 e. The van der Waals surface area contributed by atoms with Crippen LogP contribution in [0.25, 0.3) is 5.57 Å². The van der Waals surface area contributed by atoms with Gasteiger partial charge in [0.1, 0.15) is 12.2 Å². The summed E-state index contributed by atoms with van der Waals surface area (Å²) >= 11 is 0. The number of esters is 1. The molecule has 0 aliphatic heterocycles. The van der Waals surface area contributed by atoms with Gasteiger partial charge >= 0.3 is 18.2 Å².